The molecule has 0 aliphatic rings. The van der Waals surface area contributed by atoms with Gasteiger partial charge in [-0.15, -0.1) is 0 Å². The van der Waals surface area contributed by atoms with Crippen LogP contribution in [0.25, 0.3) is 0 Å². The van der Waals surface area contributed by atoms with Crippen LogP contribution in [0.3, 0.4) is 0 Å². The highest BCUT2D eigenvalue weighted by Gasteiger charge is 2.04. The van der Waals surface area contributed by atoms with E-state index in [1.165, 1.54) is 12.8 Å². The third-order valence-corrected chi connectivity index (χ3v) is 2.48. The number of nitriles is 2. The lowest BCUT2D eigenvalue weighted by molar-refractivity contribution is 0.304. The number of ether oxygens (including phenoxy) is 1. The molecule has 17 heavy (non-hydrogen) atoms. The van der Waals surface area contributed by atoms with Crippen LogP contribution in [-0.4, -0.2) is 6.61 Å². The van der Waals surface area contributed by atoms with Gasteiger partial charge in [-0.2, -0.15) is 10.5 Å². The van der Waals surface area contributed by atoms with E-state index in [1.807, 2.05) is 12.1 Å². The molecule has 0 aromatic heterocycles. The number of hydrogen-bond donors (Lipinski definition) is 0. The summed E-state index contributed by atoms with van der Waals surface area (Å²) in [6.07, 6.45) is 4.55. The average molecular weight is 228 g/mol. The van der Waals surface area contributed by atoms with E-state index in [9.17, 15) is 0 Å². The summed E-state index contributed by atoms with van der Waals surface area (Å²) < 4.78 is 5.54. The molecule has 0 bridgehead atoms. The molecule has 0 saturated heterocycles. The third-order valence-electron chi connectivity index (χ3n) is 2.48. The van der Waals surface area contributed by atoms with Crippen LogP contribution in [0.4, 0.5) is 0 Å². The molecule has 0 aliphatic carbocycles. The number of nitrogens with zero attached hydrogens (tertiary/aromatic N) is 2. The van der Waals surface area contributed by atoms with Gasteiger partial charge in [0.25, 0.3) is 0 Å². The van der Waals surface area contributed by atoms with E-state index < -0.39 is 0 Å². The molecule has 0 unspecified atom stereocenters. The van der Waals surface area contributed by atoms with Gasteiger partial charge in [0.1, 0.15) is 11.8 Å². The zero-order valence-corrected chi connectivity index (χ0v) is 10.1. The van der Waals surface area contributed by atoms with Crippen molar-refractivity contribution < 1.29 is 4.74 Å². The summed E-state index contributed by atoms with van der Waals surface area (Å²) in [6, 6.07) is 8.97. The Morgan fingerprint density at radius 3 is 2.59 bits per heavy atom. The monoisotopic (exact) mass is 228 g/mol. The summed E-state index contributed by atoms with van der Waals surface area (Å²) in [6.45, 7) is 2.79. The summed E-state index contributed by atoms with van der Waals surface area (Å²) in [4.78, 5) is 0. The van der Waals surface area contributed by atoms with Gasteiger partial charge in [0.15, 0.2) is 0 Å². The molecule has 3 nitrogen and oxygen atoms in total. The summed E-state index contributed by atoms with van der Waals surface area (Å²) >= 11 is 0. The standard InChI is InChI=1S/C14H16N2O/c1-2-3-4-5-8-17-14-7-6-12(10-15)9-13(14)11-16/h6-7,9H,2-5,8H2,1H3. The van der Waals surface area contributed by atoms with Crippen molar-refractivity contribution in [2.75, 3.05) is 6.61 Å². The first-order chi connectivity index (χ1) is 8.31. The second-order valence-electron chi connectivity index (χ2n) is 3.84. The maximum absolute atomic E-state index is 8.94. The maximum Gasteiger partial charge on any atom is 0.137 e. The highest BCUT2D eigenvalue weighted by Crippen LogP contribution is 2.19. The zero-order valence-electron chi connectivity index (χ0n) is 10.1. The summed E-state index contributed by atoms with van der Waals surface area (Å²) in [5, 5.41) is 17.7. The summed E-state index contributed by atoms with van der Waals surface area (Å²) in [5.41, 5.74) is 0.916. The Bertz CT molecular complexity index is 441. The Morgan fingerprint density at radius 1 is 1.12 bits per heavy atom. The van der Waals surface area contributed by atoms with Crippen LogP contribution in [0.1, 0.15) is 43.7 Å². The van der Waals surface area contributed by atoms with Crippen molar-refractivity contribution in [2.45, 2.75) is 32.6 Å². The van der Waals surface area contributed by atoms with Crippen LogP contribution in [0.2, 0.25) is 0 Å². The molecule has 0 amide bonds. The predicted molar refractivity (Wildman–Crippen MR) is 65.5 cm³/mol. The number of benzene rings is 1. The van der Waals surface area contributed by atoms with Crippen LogP contribution >= 0.6 is 0 Å². The van der Waals surface area contributed by atoms with E-state index in [2.05, 4.69) is 6.92 Å². The van der Waals surface area contributed by atoms with Crippen molar-refractivity contribution in [2.24, 2.45) is 0 Å². The highest BCUT2D eigenvalue weighted by molar-refractivity contribution is 5.48. The van der Waals surface area contributed by atoms with E-state index in [1.54, 1.807) is 18.2 Å². The Morgan fingerprint density at radius 2 is 1.94 bits per heavy atom. The minimum atomic E-state index is 0.430. The van der Waals surface area contributed by atoms with Gasteiger partial charge in [0.05, 0.1) is 23.8 Å². The van der Waals surface area contributed by atoms with Gasteiger partial charge in [-0.1, -0.05) is 26.2 Å². The lowest BCUT2D eigenvalue weighted by atomic mass is 10.1. The van der Waals surface area contributed by atoms with Crippen LogP contribution in [0.15, 0.2) is 18.2 Å². The molecule has 1 rings (SSSR count). The van der Waals surface area contributed by atoms with Gasteiger partial charge in [-0.25, -0.2) is 0 Å². The summed E-state index contributed by atoms with van der Waals surface area (Å²) in [5.74, 6) is 0.572. The Kier molecular flexibility index (Phi) is 5.61. The first-order valence-electron chi connectivity index (χ1n) is 5.89. The van der Waals surface area contributed by atoms with Crippen LogP contribution in [-0.2, 0) is 0 Å². The first kappa shape index (κ1) is 13.1. The van der Waals surface area contributed by atoms with E-state index in [0.29, 0.717) is 23.5 Å². The Balaban J connectivity index is 2.54. The van der Waals surface area contributed by atoms with E-state index in [0.717, 1.165) is 12.8 Å². The summed E-state index contributed by atoms with van der Waals surface area (Å²) in [7, 11) is 0. The molecule has 3 heteroatoms. The molecular formula is C14H16N2O. The maximum atomic E-state index is 8.94. The normalized spacial score (nSPS) is 9.35. The van der Waals surface area contributed by atoms with Crippen molar-refractivity contribution in [3.8, 4) is 17.9 Å². The fourth-order valence-corrected chi connectivity index (χ4v) is 1.52. The second-order valence-corrected chi connectivity index (χ2v) is 3.84. The predicted octanol–water partition coefficient (Wildman–Crippen LogP) is 3.39. The number of unbranched alkanes of at least 4 members (excludes halogenated alkanes) is 3. The van der Waals surface area contributed by atoms with Gasteiger partial charge >= 0.3 is 0 Å². The average Bonchev–Trinajstić information content (AvgIpc) is 2.38. The van der Waals surface area contributed by atoms with Gasteiger partial charge in [0, 0.05) is 0 Å². The van der Waals surface area contributed by atoms with Crippen molar-refractivity contribution in [1.82, 2.24) is 0 Å². The SMILES string of the molecule is CCCCCCOc1ccc(C#N)cc1C#N. The first-order valence-corrected chi connectivity index (χ1v) is 5.89. The molecule has 0 atom stereocenters. The Labute approximate surface area is 102 Å². The fourth-order valence-electron chi connectivity index (χ4n) is 1.52. The van der Waals surface area contributed by atoms with E-state index in [-0.39, 0.29) is 0 Å². The van der Waals surface area contributed by atoms with E-state index >= 15 is 0 Å². The van der Waals surface area contributed by atoms with Crippen LogP contribution in [0.5, 0.6) is 5.75 Å². The molecule has 0 fully saturated rings. The minimum Gasteiger partial charge on any atom is -0.492 e. The van der Waals surface area contributed by atoms with Crippen molar-refractivity contribution in [3.05, 3.63) is 29.3 Å². The molecule has 88 valence electrons. The molecular weight excluding hydrogens is 212 g/mol. The molecule has 0 N–H and O–H groups in total. The molecule has 0 heterocycles. The number of rotatable bonds is 6. The van der Waals surface area contributed by atoms with Crippen molar-refractivity contribution in [3.63, 3.8) is 0 Å². The van der Waals surface area contributed by atoms with Crippen molar-refractivity contribution >= 4 is 0 Å². The molecule has 1 aromatic carbocycles. The minimum absolute atomic E-state index is 0.430. The largest absolute Gasteiger partial charge is 0.492 e. The lowest BCUT2D eigenvalue weighted by Gasteiger charge is -2.07. The van der Waals surface area contributed by atoms with Crippen LogP contribution < -0.4 is 4.74 Å². The zero-order chi connectivity index (χ0) is 12.5. The van der Waals surface area contributed by atoms with Gasteiger partial charge in [-0.3, -0.25) is 0 Å². The lowest BCUT2D eigenvalue weighted by Crippen LogP contribution is -1.99. The quantitative estimate of drug-likeness (QED) is 0.701. The van der Waals surface area contributed by atoms with Gasteiger partial charge < -0.3 is 4.74 Å². The molecule has 0 radical (unpaired) electrons. The van der Waals surface area contributed by atoms with Crippen LogP contribution in [0, 0.1) is 22.7 Å². The highest BCUT2D eigenvalue weighted by atomic mass is 16.5. The van der Waals surface area contributed by atoms with E-state index in [4.69, 9.17) is 15.3 Å². The van der Waals surface area contributed by atoms with Gasteiger partial charge in [-0.05, 0) is 24.6 Å². The molecule has 0 aliphatic heterocycles. The third kappa shape index (κ3) is 4.17. The topological polar surface area (TPSA) is 56.8 Å². The Hall–Kier alpha value is -2.00. The molecule has 1 aromatic rings. The molecule has 0 saturated carbocycles. The second kappa shape index (κ2) is 7.30. The number of hydrogen-bond acceptors (Lipinski definition) is 3. The fraction of sp³-hybridized carbons (Fsp3) is 0.429. The van der Waals surface area contributed by atoms with Crippen molar-refractivity contribution in [1.29, 1.82) is 10.5 Å². The molecule has 0 spiro atoms. The van der Waals surface area contributed by atoms with Gasteiger partial charge in [0.2, 0.25) is 0 Å². The smallest absolute Gasteiger partial charge is 0.137 e.